The van der Waals surface area contributed by atoms with Crippen LogP contribution in [0.2, 0.25) is 0 Å². The number of benzene rings is 2. The molecule has 0 saturated carbocycles. The zero-order valence-corrected chi connectivity index (χ0v) is 10.3. The van der Waals surface area contributed by atoms with E-state index in [9.17, 15) is 10.1 Å². The van der Waals surface area contributed by atoms with Gasteiger partial charge in [0.2, 0.25) is 5.88 Å². The summed E-state index contributed by atoms with van der Waals surface area (Å²) in [6.07, 6.45) is 1.65. The normalized spacial score (nSPS) is 10.4. The molecule has 98 valence electrons. The Bertz CT molecular complexity index is 767. The summed E-state index contributed by atoms with van der Waals surface area (Å²) in [5.74, 6) is 0.846. The van der Waals surface area contributed by atoms with Gasteiger partial charge in [0.15, 0.2) is 0 Å². The van der Waals surface area contributed by atoms with E-state index in [1.165, 1.54) is 24.3 Å². The SMILES string of the molecule is O=[N+]([O-])c1ccc(Oc2nncc3ccccc23)cc1. The first-order chi connectivity index (χ1) is 9.74. The summed E-state index contributed by atoms with van der Waals surface area (Å²) in [7, 11) is 0. The highest BCUT2D eigenvalue weighted by molar-refractivity contribution is 5.85. The molecule has 1 aromatic heterocycles. The van der Waals surface area contributed by atoms with Crippen molar-refractivity contribution in [1.29, 1.82) is 0 Å². The molecule has 0 aliphatic rings. The number of hydrogen-bond donors (Lipinski definition) is 0. The Hall–Kier alpha value is -3.02. The summed E-state index contributed by atoms with van der Waals surface area (Å²) in [6, 6.07) is 13.4. The number of fused-ring (bicyclic) bond motifs is 1. The van der Waals surface area contributed by atoms with Gasteiger partial charge >= 0.3 is 0 Å². The molecule has 3 aromatic rings. The average molecular weight is 267 g/mol. The summed E-state index contributed by atoms with van der Waals surface area (Å²) in [5.41, 5.74) is 0.0151. The molecule has 0 aliphatic heterocycles. The van der Waals surface area contributed by atoms with Crippen LogP contribution >= 0.6 is 0 Å². The Labute approximate surface area is 113 Å². The number of nitro benzene ring substituents is 1. The van der Waals surface area contributed by atoms with Crippen molar-refractivity contribution in [1.82, 2.24) is 10.2 Å². The molecule has 20 heavy (non-hydrogen) atoms. The van der Waals surface area contributed by atoms with Crippen LogP contribution in [0.1, 0.15) is 0 Å². The van der Waals surface area contributed by atoms with Crippen LogP contribution in [0.4, 0.5) is 5.69 Å². The molecule has 1 heterocycles. The lowest BCUT2D eigenvalue weighted by Gasteiger charge is -2.06. The Morgan fingerprint density at radius 2 is 1.80 bits per heavy atom. The van der Waals surface area contributed by atoms with E-state index in [1.807, 2.05) is 24.3 Å². The van der Waals surface area contributed by atoms with E-state index < -0.39 is 4.92 Å². The number of rotatable bonds is 3. The summed E-state index contributed by atoms with van der Waals surface area (Å²) in [4.78, 5) is 10.1. The lowest BCUT2D eigenvalue weighted by Crippen LogP contribution is -1.92. The van der Waals surface area contributed by atoms with Gasteiger partial charge in [-0.15, -0.1) is 5.10 Å². The number of aromatic nitrogens is 2. The van der Waals surface area contributed by atoms with Crippen LogP contribution in [0.3, 0.4) is 0 Å². The largest absolute Gasteiger partial charge is 0.437 e. The maximum absolute atomic E-state index is 10.6. The number of nitrogens with zero attached hydrogens (tertiary/aromatic N) is 3. The zero-order valence-electron chi connectivity index (χ0n) is 10.3. The number of non-ortho nitro benzene ring substituents is 1. The molecule has 0 radical (unpaired) electrons. The van der Waals surface area contributed by atoms with Crippen molar-refractivity contribution >= 4 is 16.5 Å². The number of hydrogen-bond acceptors (Lipinski definition) is 5. The molecule has 0 N–H and O–H groups in total. The van der Waals surface area contributed by atoms with E-state index >= 15 is 0 Å². The van der Waals surface area contributed by atoms with Crippen molar-refractivity contribution in [2.24, 2.45) is 0 Å². The molecule has 3 rings (SSSR count). The highest BCUT2D eigenvalue weighted by Crippen LogP contribution is 2.27. The Kier molecular flexibility index (Phi) is 2.96. The first-order valence-electron chi connectivity index (χ1n) is 5.87. The van der Waals surface area contributed by atoms with Crippen LogP contribution in [0.5, 0.6) is 11.6 Å². The molecule has 6 heteroatoms. The first kappa shape index (κ1) is 12.0. The van der Waals surface area contributed by atoms with Crippen molar-refractivity contribution in [3.05, 3.63) is 64.8 Å². The fourth-order valence-electron chi connectivity index (χ4n) is 1.82. The Balaban J connectivity index is 1.95. The average Bonchev–Trinajstić information content (AvgIpc) is 2.48. The van der Waals surface area contributed by atoms with Gasteiger partial charge in [-0.3, -0.25) is 10.1 Å². The fraction of sp³-hybridized carbons (Fsp3) is 0. The van der Waals surface area contributed by atoms with Crippen molar-refractivity contribution in [2.75, 3.05) is 0 Å². The molecular formula is C14H9N3O3. The highest BCUT2D eigenvalue weighted by atomic mass is 16.6. The van der Waals surface area contributed by atoms with Gasteiger partial charge in [-0.1, -0.05) is 18.2 Å². The van der Waals surface area contributed by atoms with E-state index in [4.69, 9.17) is 4.74 Å². The van der Waals surface area contributed by atoms with Crippen LogP contribution in [0.25, 0.3) is 10.8 Å². The van der Waals surface area contributed by atoms with Gasteiger partial charge in [0.05, 0.1) is 11.1 Å². The van der Waals surface area contributed by atoms with Crippen LogP contribution in [0, 0.1) is 10.1 Å². The van der Waals surface area contributed by atoms with Crippen LogP contribution in [0.15, 0.2) is 54.7 Å². The second-order valence-corrected chi connectivity index (χ2v) is 4.09. The van der Waals surface area contributed by atoms with Crippen LogP contribution < -0.4 is 4.74 Å². The van der Waals surface area contributed by atoms with Gasteiger partial charge in [-0.25, -0.2) is 0 Å². The number of ether oxygens (including phenoxy) is 1. The molecule has 0 fully saturated rings. The van der Waals surface area contributed by atoms with Crippen LogP contribution in [-0.2, 0) is 0 Å². The van der Waals surface area contributed by atoms with Crippen LogP contribution in [-0.4, -0.2) is 15.1 Å². The summed E-state index contributed by atoms with van der Waals surface area (Å²) in [5, 5.41) is 20.2. The van der Waals surface area contributed by atoms with E-state index in [-0.39, 0.29) is 5.69 Å². The van der Waals surface area contributed by atoms with Crippen molar-refractivity contribution < 1.29 is 9.66 Å². The Morgan fingerprint density at radius 1 is 1.05 bits per heavy atom. The minimum Gasteiger partial charge on any atom is -0.437 e. The van der Waals surface area contributed by atoms with E-state index in [0.29, 0.717) is 11.6 Å². The molecule has 2 aromatic carbocycles. The van der Waals surface area contributed by atoms with Crippen molar-refractivity contribution in [2.45, 2.75) is 0 Å². The lowest BCUT2D eigenvalue weighted by atomic mass is 10.2. The van der Waals surface area contributed by atoms with E-state index in [0.717, 1.165) is 10.8 Å². The maximum Gasteiger partial charge on any atom is 0.269 e. The quantitative estimate of drug-likeness (QED) is 0.537. The predicted octanol–water partition coefficient (Wildman–Crippen LogP) is 3.33. The second kappa shape index (κ2) is 4.93. The Morgan fingerprint density at radius 3 is 2.55 bits per heavy atom. The molecule has 0 saturated heterocycles. The fourth-order valence-corrected chi connectivity index (χ4v) is 1.82. The third kappa shape index (κ3) is 2.26. The topological polar surface area (TPSA) is 78.2 Å². The smallest absolute Gasteiger partial charge is 0.269 e. The monoisotopic (exact) mass is 267 g/mol. The molecule has 0 spiro atoms. The van der Waals surface area contributed by atoms with Gasteiger partial charge in [-0.2, -0.15) is 5.10 Å². The summed E-state index contributed by atoms with van der Waals surface area (Å²) < 4.78 is 5.63. The van der Waals surface area contributed by atoms with E-state index in [2.05, 4.69) is 10.2 Å². The van der Waals surface area contributed by atoms with Gasteiger partial charge in [0, 0.05) is 22.9 Å². The first-order valence-corrected chi connectivity index (χ1v) is 5.87. The minimum absolute atomic E-state index is 0.0151. The third-order valence-electron chi connectivity index (χ3n) is 2.80. The molecule has 0 atom stereocenters. The van der Waals surface area contributed by atoms with Crippen molar-refractivity contribution in [3.63, 3.8) is 0 Å². The van der Waals surface area contributed by atoms with Crippen molar-refractivity contribution in [3.8, 4) is 11.6 Å². The van der Waals surface area contributed by atoms with Gasteiger partial charge in [-0.05, 0) is 18.2 Å². The standard InChI is InChI=1S/C14H9N3O3/c18-17(19)11-5-7-12(8-6-11)20-14-13-4-2-1-3-10(13)9-15-16-14/h1-9H. The second-order valence-electron chi connectivity index (χ2n) is 4.09. The third-order valence-corrected chi connectivity index (χ3v) is 2.80. The predicted molar refractivity (Wildman–Crippen MR) is 72.7 cm³/mol. The number of nitro groups is 1. The van der Waals surface area contributed by atoms with Gasteiger partial charge < -0.3 is 4.74 Å². The lowest BCUT2D eigenvalue weighted by molar-refractivity contribution is -0.384. The minimum atomic E-state index is -0.457. The molecule has 6 nitrogen and oxygen atoms in total. The molecule has 0 amide bonds. The molecular weight excluding hydrogens is 258 g/mol. The highest BCUT2D eigenvalue weighted by Gasteiger charge is 2.08. The van der Waals surface area contributed by atoms with Gasteiger partial charge in [0.1, 0.15) is 5.75 Å². The maximum atomic E-state index is 10.6. The molecule has 0 aliphatic carbocycles. The molecule has 0 bridgehead atoms. The van der Waals surface area contributed by atoms with Gasteiger partial charge in [0.25, 0.3) is 5.69 Å². The molecule has 0 unspecified atom stereocenters. The summed E-state index contributed by atoms with van der Waals surface area (Å²) in [6.45, 7) is 0. The summed E-state index contributed by atoms with van der Waals surface area (Å²) >= 11 is 0. The van der Waals surface area contributed by atoms with E-state index in [1.54, 1.807) is 6.20 Å². The zero-order chi connectivity index (χ0) is 13.9.